The number of anilines is 3. The van der Waals surface area contributed by atoms with Crippen LogP contribution in [-0.4, -0.2) is 68.1 Å². The Hall–Kier alpha value is -4.12. The summed E-state index contributed by atoms with van der Waals surface area (Å²) in [7, 11) is 1.54. The quantitative estimate of drug-likeness (QED) is 0.349. The summed E-state index contributed by atoms with van der Waals surface area (Å²) >= 11 is 0. The first-order valence-electron chi connectivity index (χ1n) is 11.3. The highest BCUT2D eigenvalue weighted by molar-refractivity contribution is 6.13. The summed E-state index contributed by atoms with van der Waals surface area (Å²) < 4.78 is 10.5. The summed E-state index contributed by atoms with van der Waals surface area (Å²) in [6, 6.07) is 11.6. The monoisotopic (exact) mass is 481 g/mol. The van der Waals surface area contributed by atoms with Gasteiger partial charge in [0, 0.05) is 56.6 Å². The molecule has 1 amide bonds. The van der Waals surface area contributed by atoms with Gasteiger partial charge in [0.1, 0.15) is 11.4 Å². The highest BCUT2D eigenvalue weighted by atomic mass is 16.6. The SMILES string of the molecule is CCOC(=O)C1=C(CN2CCN(c3ccc([N+](=O)[O-])cc3)CC2)C(=O)Nc2cc(OC)ccc2N1. The topological polar surface area (TPSA) is 126 Å². The maximum Gasteiger partial charge on any atom is 0.355 e. The van der Waals surface area contributed by atoms with Crippen LogP contribution in [0.25, 0.3) is 0 Å². The molecule has 4 rings (SSSR count). The van der Waals surface area contributed by atoms with Crippen molar-refractivity contribution in [2.75, 3.05) is 62.0 Å². The van der Waals surface area contributed by atoms with Crippen LogP contribution in [-0.2, 0) is 14.3 Å². The van der Waals surface area contributed by atoms with Crippen molar-refractivity contribution in [3.8, 4) is 5.75 Å². The van der Waals surface area contributed by atoms with Crippen molar-refractivity contribution in [1.82, 2.24) is 4.90 Å². The highest BCUT2D eigenvalue weighted by Crippen LogP contribution is 2.32. The number of carbonyl (C=O) groups excluding carboxylic acids is 2. The first kappa shape index (κ1) is 24.0. The van der Waals surface area contributed by atoms with E-state index in [9.17, 15) is 19.7 Å². The molecule has 11 nitrogen and oxygen atoms in total. The molecular weight excluding hydrogens is 454 g/mol. The molecule has 2 aromatic carbocycles. The molecule has 2 aliphatic heterocycles. The van der Waals surface area contributed by atoms with E-state index in [0.717, 1.165) is 5.69 Å². The number of nitrogens with one attached hydrogen (secondary N) is 2. The van der Waals surface area contributed by atoms with Gasteiger partial charge in [0.2, 0.25) is 0 Å². The zero-order chi connectivity index (χ0) is 24.9. The Kier molecular flexibility index (Phi) is 7.16. The van der Waals surface area contributed by atoms with Crippen LogP contribution in [0.1, 0.15) is 6.92 Å². The van der Waals surface area contributed by atoms with E-state index in [1.54, 1.807) is 37.3 Å². The number of nitrogens with zero attached hydrogens (tertiary/aromatic N) is 3. The van der Waals surface area contributed by atoms with Crippen LogP contribution in [0.5, 0.6) is 5.75 Å². The molecule has 35 heavy (non-hydrogen) atoms. The average molecular weight is 482 g/mol. The van der Waals surface area contributed by atoms with Gasteiger partial charge in [-0.3, -0.25) is 19.8 Å². The number of nitro groups is 1. The van der Waals surface area contributed by atoms with E-state index < -0.39 is 10.9 Å². The van der Waals surface area contributed by atoms with Gasteiger partial charge in [-0.2, -0.15) is 0 Å². The smallest absolute Gasteiger partial charge is 0.355 e. The lowest BCUT2D eigenvalue weighted by molar-refractivity contribution is -0.384. The number of non-ortho nitro benzene ring substituents is 1. The van der Waals surface area contributed by atoms with Gasteiger partial charge in [0.25, 0.3) is 11.6 Å². The summed E-state index contributed by atoms with van der Waals surface area (Å²) in [6.45, 7) is 4.79. The second kappa shape index (κ2) is 10.4. The van der Waals surface area contributed by atoms with E-state index in [0.29, 0.717) is 48.9 Å². The number of methoxy groups -OCH3 is 1. The molecule has 0 saturated carbocycles. The minimum absolute atomic E-state index is 0.0521. The normalized spacial score (nSPS) is 16.1. The molecule has 0 atom stereocenters. The van der Waals surface area contributed by atoms with Gasteiger partial charge in [-0.05, 0) is 31.2 Å². The Bertz CT molecular complexity index is 1160. The summed E-state index contributed by atoms with van der Waals surface area (Å²) in [6.07, 6.45) is 0. The number of ether oxygens (including phenoxy) is 2. The molecule has 0 aromatic heterocycles. The van der Waals surface area contributed by atoms with Crippen molar-refractivity contribution >= 4 is 34.6 Å². The second-order valence-corrected chi connectivity index (χ2v) is 8.10. The predicted molar refractivity (Wildman–Crippen MR) is 131 cm³/mol. The van der Waals surface area contributed by atoms with Gasteiger partial charge in [-0.15, -0.1) is 0 Å². The number of nitro benzene ring substituents is 1. The molecule has 2 heterocycles. The number of hydrogen-bond acceptors (Lipinski definition) is 9. The molecule has 1 fully saturated rings. The zero-order valence-electron chi connectivity index (χ0n) is 19.6. The fourth-order valence-electron chi connectivity index (χ4n) is 4.09. The van der Waals surface area contributed by atoms with Crippen LogP contribution in [0.15, 0.2) is 53.7 Å². The molecule has 11 heteroatoms. The molecule has 0 radical (unpaired) electrons. The maximum atomic E-state index is 13.2. The lowest BCUT2D eigenvalue weighted by Crippen LogP contribution is -2.47. The summed E-state index contributed by atoms with van der Waals surface area (Å²) in [5.41, 5.74) is 2.44. The van der Waals surface area contributed by atoms with E-state index in [4.69, 9.17) is 9.47 Å². The number of fused-ring (bicyclic) bond motifs is 1. The molecule has 2 aliphatic rings. The van der Waals surface area contributed by atoms with Crippen LogP contribution < -0.4 is 20.3 Å². The Labute approximate surface area is 202 Å². The minimum atomic E-state index is -0.592. The van der Waals surface area contributed by atoms with Crippen molar-refractivity contribution in [2.45, 2.75) is 6.92 Å². The van der Waals surface area contributed by atoms with Gasteiger partial charge in [0.15, 0.2) is 0 Å². The molecule has 0 spiro atoms. The third-order valence-electron chi connectivity index (χ3n) is 5.97. The Morgan fingerprint density at radius 1 is 1.06 bits per heavy atom. The number of carbonyl (C=O) groups is 2. The minimum Gasteiger partial charge on any atom is -0.497 e. The van der Waals surface area contributed by atoms with Crippen LogP contribution in [0.4, 0.5) is 22.7 Å². The Morgan fingerprint density at radius 3 is 2.40 bits per heavy atom. The van der Waals surface area contributed by atoms with E-state index in [1.165, 1.54) is 19.2 Å². The molecule has 0 aliphatic carbocycles. The Morgan fingerprint density at radius 2 is 1.77 bits per heavy atom. The van der Waals surface area contributed by atoms with Crippen molar-refractivity contribution < 1.29 is 24.0 Å². The summed E-state index contributed by atoms with van der Waals surface area (Å²) in [5.74, 6) is -0.398. The summed E-state index contributed by atoms with van der Waals surface area (Å²) in [5, 5.41) is 16.9. The van der Waals surface area contributed by atoms with Gasteiger partial charge >= 0.3 is 5.97 Å². The van der Waals surface area contributed by atoms with Crippen molar-refractivity contribution in [3.05, 3.63) is 63.8 Å². The highest BCUT2D eigenvalue weighted by Gasteiger charge is 2.30. The molecule has 0 bridgehead atoms. The van der Waals surface area contributed by atoms with Crippen LogP contribution in [0, 0.1) is 10.1 Å². The van der Waals surface area contributed by atoms with E-state index in [2.05, 4.69) is 20.4 Å². The number of benzene rings is 2. The number of esters is 1. The van der Waals surface area contributed by atoms with Crippen LogP contribution >= 0.6 is 0 Å². The molecule has 2 aromatic rings. The fraction of sp³-hybridized carbons (Fsp3) is 0.333. The Balaban J connectivity index is 1.50. The largest absolute Gasteiger partial charge is 0.497 e. The number of amides is 1. The average Bonchev–Trinajstić information content (AvgIpc) is 3.00. The predicted octanol–water partition coefficient (Wildman–Crippen LogP) is 2.61. The number of rotatable bonds is 7. The molecule has 184 valence electrons. The third-order valence-corrected chi connectivity index (χ3v) is 5.97. The van der Waals surface area contributed by atoms with Gasteiger partial charge in [-0.25, -0.2) is 4.79 Å². The van der Waals surface area contributed by atoms with Crippen molar-refractivity contribution in [3.63, 3.8) is 0 Å². The van der Waals surface area contributed by atoms with Gasteiger partial charge in [0.05, 0.1) is 35.6 Å². The van der Waals surface area contributed by atoms with Crippen molar-refractivity contribution in [1.29, 1.82) is 0 Å². The van der Waals surface area contributed by atoms with Crippen LogP contribution in [0.2, 0.25) is 0 Å². The number of hydrogen-bond donors (Lipinski definition) is 2. The van der Waals surface area contributed by atoms with E-state index in [-0.39, 0.29) is 30.4 Å². The van der Waals surface area contributed by atoms with E-state index in [1.807, 2.05) is 0 Å². The maximum absolute atomic E-state index is 13.2. The number of piperazine rings is 1. The molecule has 2 N–H and O–H groups in total. The van der Waals surface area contributed by atoms with E-state index >= 15 is 0 Å². The fourth-order valence-corrected chi connectivity index (χ4v) is 4.09. The van der Waals surface area contributed by atoms with Gasteiger partial charge in [-0.1, -0.05) is 0 Å². The standard InChI is InChI=1S/C24H27N5O6/c1-3-35-24(31)22-19(23(30)26-21-14-18(34-2)8-9-20(21)25-22)15-27-10-12-28(13-11-27)16-4-6-17(7-5-16)29(32)33/h4-9,14,25H,3,10-13,15H2,1-2H3,(H,26,30). The molecule has 1 saturated heterocycles. The van der Waals surface area contributed by atoms with Gasteiger partial charge < -0.3 is 25.0 Å². The first-order valence-corrected chi connectivity index (χ1v) is 11.3. The van der Waals surface area contributed by atoms with Crippen molar-refractivity contribution in [2.24, 2.45) is 0 Å². The third kappa shape index (κ3) is 5.35. The van der Waals surface area contributed by atoms with Crippen LogP contribution in [0.3, 0.4) is 0 Å². The lowest BCUT2D eigenvalue weighted by atomic mass is 10.1. The summed E-state index contributed by atoms with van der Waals surface area (Å²) in [4.78, 5) is 40.7. The zero-order valence-corrected chi connectivity index (χ0v) is 19.6. The first-order chi connectivity index (χ1) is 16.9. The molecular formula is C24H27N5O6. The molecule has 0 unspecified atom stereocenters. The second-order valence-electron chi connectivity index (χ2n) is 8.10. The lowest BCUT2D eigenvalue weighted by Gasteiger charge is -2.36.